The van der Waals surface area contributed by atoms with Gasteiger partial charge < -0.3 is 18.9 Å². The third-order valence-corrected chi connectivity index (χ3v) is 4.52. The first-order valence-corrected chi connectivity index (χ1v) is 8.79. The number of benzene rings is 2. The van der Waals surface area contributed by atoms with Crippen molar-refractivity contribution in [2.24, 2.45) is 0 Å². The van der Waals surface area contributed by atoms with E-state index in [9.17, 15) is 9.18 Å². The molecule has 3 aromatic rings. The topological polar surface area (TPSA) is 77.7 Å². The molecule has 8 heteroatoms. The van der Waals surface area contributed by atoms with Crippen LogP contribution in [-0.4, -0.2) is 47.8 Å². The maximum Gasteiger partial charge on any atom is 0.258 e. The van der Waals surface area contributed by atoms with E-state index in [-0.39, 0.29) is 18.0 Å². The quantitative estimate of drug-likeness (QED) is 0.689. The van der Waals surface area contributed by atoms with Crippen molar-refractivity contribution in [1.82, 2.24) is 15.0 Å². The van der Waals surface area contributed by atoms with Crippen LogP contribution >= 0.6 is 0 Å². The molecule has 1 fully saturated rings. The maximum atomic E-state index is 13.9. The Bertz CT molecular complexity index is 974. The molecular weight excluding hydrogens is 365 g/mol. The molecule has 0 bridgehead atoms. The summed E-state index contributed by atoms with van der Waals surface area (Å²) in [6, 6.07) is 13.1. The van der Waals surface area contributed by atoms with Gasteiger partial charge in [0.15, 0.2) is 0 Å². The van der Waals surface area contributed by atoms with Crippen molar-refractivity contribution in [2.45, 2.75) is 6.10 Å². The number of nitrogens with zero attached hydrogens (tertiary/aromatic N) is 3. The summed E-state index contributed by atoms with van der Waals surface area (Å²) in [6.45, 7) is 0.888. The van der Waals surface area contributed by atoms with E-state index in [1.165, 1.54) is 17.0 Å². The van der Waals surface area contributed by atoms with E-state index in [4.69, 9.17) is 14.0 Å². The molecule has 1 aliphatic heterocycles. The van der Waals surface area contributed by atoms with Crippen molar-refractivity contribution in [2.75, 3.05) is 26.8 Å². The number of halogens is 1. The zero-order valence-corrected chi connectivity index (χ0v) is 15.2. The highest BCUT2D eigenvalue weighted by Gasteiger charge is 2.30. The van der Waals surface area contributed by atoms with Gasteiger partial charge in [0.2, 0.25) is 5.82 Å². The molecule has 144 valence electrons. The summed E-state index contributed by atoms with van der Waals surface area (Å²) in [5, 5.41) is 3.99. The van der Waals surface area contributed by atoms with E-state index in [2.05, 4.69) is 10.1 Å². The van der Waals surface area contributed by atoms with Gasteiger partial charge in [-0.15, -0.1) is 0 Å². The molecule has 0 unspecified atom stereocenters. The van der Waals surface area contributed by atoms with Gasteiger partial charge in [0.1, 0.15) is 17.7 Å². The Hall–Kier alpha value is -3.26. The molecule has 1 amide bonds. The molecule has 7 nitrogen and oxygen atoms in total. The van der Waals surface area contributed by atoms with Gasteiger partial charge in [0.25, 0.3) is 11.8 Å². The molecule has 1 atom stereocenters. The highest BCUT2D eigenvalue weighted by atomic mass is 19.1. The molecule has 0 aliphatic carbocycles. The molecule has 28 heavy (non-hydrogen) atoms. The van der Waals surface area contributed by atoms with Gasteiger partial charge in [-0.2, -0.15) is 4.98 Å². The van der Waals surface area contributed by atoms with Crippen LogP contribution in [0.25, 0.3) is 11.5 Å². The molecule has 1 aromatic heterocycles. The molecular formula is C20H18FN3O4. The average Bonchev–Trinajstić information content (AvgIpc) is 3.24. The summed E-state index contributed by atoms with van der Waals surface area (Å²) in [4.78, 5) is 18.6. The lowest BCUT2D eigenvalue weighted by Crippen LogP contribution is -2.42. The van der Waals surface area contributed by atoms with E-state index in [1.54, 1.807) is 31.4 Å². The van der Waals surface area contributed by atoms with Crippen LogP contribution in [0, 0.1) is 5.82 Å². The van der Waals surface area contributed by atoms with E-state index in [0.29, 0.717) is 24.9 Å². The highest BCUT2D eigenvalue weighted by Crippen LogP contribution is 2.26. The number of hydrogen-bond donors (Lipinski definition) is 0. The van der Waals surface area contributed by atoms with E-state index in [1.807, 2.05) is 12.1 Å². The van der Waals surface area contributed by atoms with Crippen LogP contribution in [-0.2, 0) is 4.74 Å². The summed E-state index contributed by atoms with van der Waals surface area (Å²) in [6.07, 6.45) is -0.541. The van der Waals surface area contributed by atoms with Gasteiger partial charge in [0.05, 0.1) is 25.8 Å². The van der Waals surface area contributed by atoms with Gasteiger partial charge >= 0.3 is 0 Å². The number of morpholine rings is 1. The van der Waals surface area contributed by atoms with Gasteiger partial charge in [0, 0.05) is 12.1 Å². The smallest absolute Gasteiger partial charge is 0.258 e. The lowest BCUT2D eigenvalue weighted by Gasteiger charge is -2.31. The largest absolute Gasteiger partial charge is 0.497 e. The first-order valence-electron chi connectivity index (χ1n) is 8.79. The molecule has 1 aliphatic rings. The summed E-state index contributed by atoms with van der Waals surface area (Å²) >= 11 is 0. The van der Waals surface area contributed by atoms with Crippen molar-refractivity contribution < 1.29 is 23.2 Å². The maximum absolute atomic E-state index is 13.9. The second-order valence-electron chi connectivity index (χ2n) is 6.28. The fraction of sp³-hybridized carbons (Fsp3) is 0.250. The Morgan fingerprint density at radius 1 is 1.21 bits per heavy atom. The van der Waals surface area contributed by atoms with Gasteiger partial charge in [-0.3, -0.25) is 4.79 Å². The first kappa shape index (κ1) is 18.1. The molecule has 0 saturated carbocycles. The number of carbonyl (C=O) groups is 1. The minimum absolute atomic E-state index is 0.0372. The van der Waals surface area contributed by atoms with Crippen LogP contribution in [0.3, 0.4) is 0 Å². The lowest BCUT2D eigenvalue weighted by molar-refractivity contribution is -0.0277. The average molecular weight is 383 g/mol. The summed E-state index contributed by atoms with van der Waals surface area (Å²) < 4.78 is 30.1. The van der Waals surface area contributed by atoms with E-state index < -0.39 is 11.9 Å². The lowest BCUT2D eigenvalue weighted by atomic mass is 10.1. The molecule has 1 saturated heterocycles. The Kier molecular flexibility index (Phi) is 5.03. The number of aromatic nitrogens is 2. The Morgan fingerprint density at radius 2 is 2.00 bits per heavy atom. The second kappa shape index (κ2) is 7.77. The standard InChI is InChI=1S/C20H18FN3O4/c1-26-14-8-6-13(7-9-14)19-22-18(23-28-19)17-12-24(10-11-27-17)20(25)15-4-2-3-5-16(15)21/h2-9,17H,10-12H2,1H3/t17-/m0/s1. The van der Waals surface area contributed by atoms with Gasteiger partial charge in [-0.05, 0) is 36.4 Å². The highest BCUT2D eigenvalue weighted by molar-refractivity contribution is 5.94. The van der Waals surface area contributed by atoms with Crippen LogP contribution in [0.1, 0.15) is 22.3 Å². The molecule has 0 spiro atoms. The van der Waals surface area contributed by atoms with Crippen LogP contribution in [0.4, 0.5) is 4.39 Å². The zero-order chi connectivity index (χ0) is 19.5. The van der Waals surface area contributed by atoms with E-state index >= 15 is 0 Å². The fourth-order valence-electron chi connectivity index (χ4n) is 3.01. The fourth-order valence-corrected chi connectivity index (χ4v) is 3.01. The number of ether oxygens (including phenoxy) is 2. The predicted molar refractivity (Wildman–Crippen MR) is 97.3 cm³/mol. The van der Waals surface area contributed by atoms with Crippen LogP contribution in [0.5, 0.6) is 5.75 Å². The van der Waals surface area contributed by atoms with Crippen LogP contribution < -0.4 is 4.74 Å². The van der Waals surface area contributed by atoms with Crippen molar-refractivity contribution in [1.29, 1.82) is 0 Å². The molecule has 4 rings (SSSR count). The monoisotopic (exact) mass is 383 g/mol. The first-order chi connectivity index (χ1) is 13.7. The summed E-state index contributed by atoms with van der Waals surface area (Å²) in [7, 11) is 1.59. The molecule has 2 heterocycles. The minimum Gasteiger partial charge on any atom is -0.497 e. The number of hydrogen-bond acceptors (Lipinski definition) is 6. The van der Waals surface area contributed by atoms with Crippen molar-refractivity contribution >= 4 is 5.91 Å². The summed E-state index contributed by atoms with van der Waals surface area (Å²) in [5.74, 6) is 0.485. The third kappa shape index (κ3) is 3.59. The van der Waals surface area contributed by atoms with Crippen LogP contribution in [0.15, 0.2) is 53.1 Å². The zero-order valence-electron chi connectivity index (χ0n) is 15.2. The predicted octanol–water partition coefficient (Wildman–Crippen LogP) is 3.10. The van der Waals surface area contributed by atoms with Gasteiger partial charge in [-0.25, -0.2) is 4.39 Å². The SMILES string of the molecule is COc1ccc(-c2nc([C@@H]3CN(C(=O)c4ccccc4F)CCO3)no2)cc1. The van der Waals surface area contributed by atoms with Crippen LogP contribution in [0.2, 0.25) is 0 Å². The Morgan fingerprint density at radius 3 is 2.75 bits per heavy atom. The number of amides is 1. The van der Waals surface area contributed by atoms with Gasteiger partial charge in [-0.1, -0.05) is 17.3 Å². The van der Waals surface area contributed by atoms with E-state index in [0.717, 1.165) is 11.3 Å². The van der Waals surface area contributed by atoms with Crippen molar-refractivity contribution in [3.05, 3.63) is 65.7 Å². The Labute approximate surface area is 160 Å². The number of rotatable bonds is 4. The Balaban J connectivity index is 1.50. The van der Waals surface area contributed by atoms with Crippen molar-refractivity contribution in [3.8, 4) is 17.2 Å². The molecule has 0 radical (unpaired) electrons. The number of methoxy groups -OCH3 is 1. The second-order valence-corrected chi connectivity index (χ2v) is 6.28. The normalized spacial score (nSPS) is 16.8. The van der Waals surface area contributed by atoms with Crippen molar-refractivity contribution in [3.63, 3.8) is 0 Å². The number of carbonyl (C=O) groups excluding carboxylic acids is 1. The molecule has 2 aromatic carbocycles. The minimum atomic E-state index is -0.545. The third-order valence-electron chi connectivity index (χ3n) is 4.52. The molecule has 0 N–H and O–H groups in total. The summed E-state index contributed by atoms with van der Waals surface area (Å²) in [5.41, 5.74) is 0.782.